The number of hydrogen-bond donors (Lipinski definition) is 1. The summed E-state index contributed by atoms with van der Waals surface area (Å²) in [4.78, 5) is 13.8. The fourth-order valence-electron chi connectivity index (χ4n) is 2.92. The number of aryl methyl sites for hydroxylation is 1. The molecule has 0 fully saturated rings. The summed E-state index contributed by atoms with van der Waals surface area (Å²) in [7, 11) is 0. The summed E-state index contributed by atoms with van der Waals surface area (Å²) in [5.74, 6) is -0.245. The quantitative estimate of drug-likeness (QED) is 0.487. The molecule has 0 aliphatic heterocycles. The molecule has 27 heavy (non-hydrogen) atoms. The standard InChI is InChI=1S/C20H21N3O4/c1-15-7-5-6-10-18(15)20(16-8-3-2-4-9-16)27-13-17(24)11-22-12-19(21-14-22)23(25)26/h2-10,12,14,17,20,24H,11,13H2,1H3/t17-,20+/m1/s1. The van der Waals surface area contributed by atoms with Crippen LogP contribution >= 0.6 is 0 Å². The van der Waals surface area contributed by atoms with Crippen molar-refractivity contribution in [3.05, 3.63) is 93.9 Å². The number of nitro groups is 1. The molecular formula is C20H21N3O4. The number of ether oxygens (including phenoxy) is 1. The summed E-state index contributed by atoms with van der Waals surface area (Å²) in [5.41, 5.74) is 3.14. The zero-order chi connectivity index (χ0) is 19.2. The second kappa shape index (κ2) is 8.57. The third-order valence-electron chi connectivity index (χ3n) is 4.26. The molecule has 0 aliphatic rings. The fourth-order valence-corrected chi connectivity index (χ4v) is 2.92. The highest BCUT2D eigenvalue weighted by Gasteiger charge is 2.19. The first-order chi connectivity index (χ1) is 13.0. The van der Waals surface area contributed by atoms with Crippen molar-refractivity contribution < 1.29 is 14.8 Å². The van der Waals surface area contributed by atoms with Crippen molar-refractivity contribution in [1.82, 2.24) is 9.55 Å². The third-order valence-corrected chi connectivity index (χ3v) is 4.26. The number of aromatic nitrogens is 2. The smallest absolute Gasteiger partial charge is 0.381 e. The van der Waals surface area contributed by atoms with Crippen LogP contribution < -0.4 is 0 Å². The van der Waals surface area contributed by atoms with E-state index in [2.05, 4.69) is 4.98 Å². The number of nitrogens with zero attached hydrogens (tertiary/aromatic N) is 3. The van der Waals surface area contributed by atoms with Gasteiger partial charge in [0.05, 0.1) is 19.3 Å². The Morgan fingerprint density at radius 3 is 2.56 bits per heavy atom. The average molecular weight is 367 g/mol. The molecule has 1 heterocycles. The van der Waals surface area contributed by atoms with Gasteiger partial charge in [-0.1, -0.05) is 54.6 Å². The van der Waals surface area contributed by atoms with E-state index in [1.54, 1.807) is 0 Å². The van der Waals surface area contributed by atoms with Gasteiger partial charge in [-0.05, 0) is 33.5 Å². The van der Waals surface area contributed by atoms with Crippen LogP contribution in [-0.2, 0) is 11.3 Å². The predicted octanol–water partition coefficient (Wildman–Crippen LogP) is 3.27. The lowest BCUT2D eigenvalue weighted by molar-refractivity contribution is -0.389. The Morgan fingerprint density at radius 2 is 1.89 bits per heavy atom. The van der Waals surface area contributed by atoms with E-state index in [0.717, 1.165) is 16.7 Å². The zero-order valence-electron chi connectivity index (χ0n) is 14.9. The van der Waals surface area contributed by atoms with E-state index in [1.807, 2.05) is 61.5 Å². The van der Waals surface area contributed by atoms with Gasteiger partial charge in [0.15, 0.2) is 0 Å². The largest absolute Gasteiger partial charge is 0.389 e. The topological polar surface area (TPSA) is 90.4 Å². The van der Waals surface area contributed by atoms with Crippen molar-refractivity contribution in [2.75, 3.05) is 6.61 Å². The maximum atomic E-state index is 10.7. The zero-order valence-corrected chi connectivity index (χ0v) is 14.9. The molecule has 2 atom stereocenters. The van der Waals surface area contributed by atoms with Crippen molar-refractivity contribution >= 4 is 5.82 Å². The van der Waals surface area contributed by atoms with E-state index in [4.69, 9.17) is 4.74 Å². The molecule has 0 saturated heterocycles. The van der Waals surface area contributed by atoms with Crippen LogP contribution in [0.4, 0.5) is 5.82 Å². The maximum absolute atomic E-state index is 10.7. The minimum Gasteiger partial charge on any atom is -0.389 e. The van der Waals surface area contributed by atoms with Crippen LogP contribution in [0.25, 0.3) is 0 Å². The Bertz CT molecular complexity index is 895. The molecule has 0 radical (unpaired) electrons. The first-order valence-corrected chi connectivity index (χ1v) is 8.61. The summed E-state index contributed by atoms with van der Waals surface area (Å²) in [5, 5.41) is 21.0. The molecule has 7 nitrogen and oxygen atoms in total. The monoisotopic (exact) mass is 367 g/mol. The van der Waals surface area contributed by atoms with Gasteiger partial charge in [-0.3, -0.25) is 0 Å². The van der Waals surface area contributed by atoms with Gasteiger partial charge in [0.1, 0.15) is 12.3 Å². The van der Waals surface area contributed by atoms with E-state index in [-0.39, 0.29) is 25.1 Å². The van der Waals surface area contributed by atoms with Crippen LogP contribution in [0, 0.1) is 17.0 Å². The molecule has 140 valence electrons. The molecular weight excluding hydrogens is 346 g/mol. The lowest BCUT2D eigenvalue weighted by Crippen LogP contribution is -2.23. The number of benzene rings is 2. The highest BCUT2D eigenvalue weighted by Crippen LogP contribution is 2.28. The van der Waals surface area contributed by atoms with Gasteiger partial charge < -0.3 is 24.5 Å². The van der Waals surface area contributed by atoms with Crippen molar-refractivity contribution in [3.8, 4) is 0 Å². The molecule has 0 amide bonds. The molecule has 1 aromatic heterocycles. The third kappa shape index (κ3) is 4.78. The summed E-state index contributed by atoms with van der Waals surface area (Å²) in [6, 6.07) is 17.8. The summed E-state index contributed by atoms with van der Waals surface area (Å²) in [6.45, 7) is 2.27. The number of hydrogen-bond acceptors (Lipinski definition) is 5. The number of rotatable bonds is 8. The Morgan fingerprint density at radius 1 is 1.19 bits per heavy atom. The molecule has 1 N–H and O–H groups in total. The minimum atomic E-state index is -0.825. The second-order valence-corrected chi connectivity index (χ2v) is 6.32. The van der Waals surface area contributed by atoms with Crippen LogP contribution in [0.1, 0.15) is 22.8 Å². The molecule has 0 bridgehead atoms. The lowest BCUT2D eigenvalue weighted by atomic mass is 9.97. The van der Waals surface area contributed by atoms with Crippen molar-refractivity contribution in [2.24, 2.45) is 0 Å². The predicted molar refractivity (Wildman–Crippen MR) is 100 cm³/mol. The highest BCUT2D eigenvalue weighted by molar-refractivity contribution is 5.35. The molecule has 0 aliphatic carbocycles. The molecule has 3 aromatic rings. The summed E-state index contributed by atoms with van der Waals surface area (Å²) in [6.07, 6.45) is 1.49. The normalized spacial score (nSPS) is 13.3. The first-order valence-electron chi connectivity index (χ1n) is 8.61. The van der Waals surface area contributed by atoms with Crippen LogP contribution in [-0.4, -0.2) is 32.3 Å². The summed E-state index contributed by atoms with van der Waals surface area (Å²) >= 11 is 0. The average Bonchev–Trinajstić information content (AvgIpc) is 3.13. The van der Waals surface area contributed by atoms with Crippen LogP contribution in [0.15, 0.2) is 67.1 Å². The molecule has 0 unspecified atom stereocenters. The van der Waals surface area contributed by atoms with E-state index in [1.165, 1.54) is 17.1 Å². The molecule has 0 saturated carbocycles. The molecule has 0 spiro atoms. The number of imidazole rings is 1. The van der Waals surface area contributed by atoms with Crippen molar-refractivity contribution in [3.63, 3.8) is 0 Å². The Balaban J connectivity index is 1.71. The lowest BCUT2D eigenvalue weighted by Gasteiger charge is -2.22. The molecule has 2 aromatic carbocycles. The van der Waals surface area contributed by atoms with Gasteiger partial charge in [-0.15, -0.1) is 0 Å². The van der Waals surface area contributed by atoms with E-state index < -0.39 is 11.0 Å². The van der Waals surface area contributed by atoms with Gasteiger partial charge in [-0.2, -0.15) is 0 Å². The van der Waals surface area contributed by atoms with Gasteiger partial charge in [-0.25, -0.2) is 0 Å². The molecule has 3 rings (SSSR count). The first kappa shape index (κ1) is 18.8. The Labute approximate surface area is 157 Å². The van der Waals surface area contributed by atoms with E-state index in [0.29, 0.717) is 0 Å². The van der Waals surface area contributed by atoms with Crippen LogP contribution in [0.2, 0.25) is 0 Å². The van der Waals surface area contributed by atoms with Crippen LogP contribution in [0.5, 0.6) is 0 Å². The number of aliphatic hydroxyl groups is 1. The van der Waals surface area contributed by atoms with Gasteiger partial charge in [0.25, 0.3) is 0 Å². The van der Waals surface area contributed by atoms with Gasteiger partial charge >= 0.3 is 5.82 Å². The van der Waals surface area contributed by atoms with Crippen molar-refractivity contribution in [1.29, 1.82) is 0 Å². The highest BCUT2D eigenvalue weighted by atomic mass is 16.6. The van der Waals surface area contributed by atoms with Crippen LogP contribution in [0.3, 0.4) is 0 Å². The van der Waals surface area contributed by atoms with Crippen molar-refractivity contribution in [2.45, 2.75) is 25.7 Å². The van der Waals surface area contributed by atoms with E-state index in [9.17, 15) is 15.2 Å². The minimum absolute atomic E-state index is 0.0832. The number of aliphatic hydroxyl groups excluding tert-OH is 1. The van der Waals surface area contributed by atoms with Gasteiger partial charge in [0.2, 0.25) is 6.33 Å². The fraction of sp³-hybridized carbons (Fsp3) is 0.250. The van der Waals surface area contributed by atoms with E-state index >= 15 is 0 Å². The summed E-state index contributed by atoms with van der Waals surface area (Å²) < 4.78 is 7.55. The molecule has 7 heteroatoms. The Kier molecular flexibility index (Phi) is 5.95. The second-order valence-electron chi connectivity index (χ2n) is 6.32. The Hall–Kier alpha value is -3.03. The maximum Gasteiger partial charge on any atom is 0.381 e. The SMILES string of the molecule is Cc1ccccc1[C@@H](OC[C@H](O)Cn1cnc([N+](=O)[O-])c1)c1ccccc1. The van der Waals surface area contributed by atoms with Gasteiger partial charge in [0, 0.05) is 0 Å².